The van der Waals surface area contributed by atoms with Crippen molar-refractivity contribution in [1.29, 1.82) is 0 Å². The van der Waals surface area contributed by atoms with E-state index in [2.05, 4.69) is 15.6 Å². The minimum absolute atomic E-state index is 0.148. The molecule has 0 saturated heterocycles. The molecule has 5 nitrogen and oxygen atoms in total. The lowest BCUT2D eigenvalue weighted by Crippen LogP contribution is -2.52. The number of hydrogen-bond donors (Lipinski definition) is 2. The van der Waals surface area contributed by atoms with Crippen LogP contribution in [-0.4, -0.2) is 36.8 Å². The van der Waals surface area contributed by atoms with Crippen LogP contribution in [0.3, 0.4) is 0 Å². The Morgan fingerprint density at radius 1 is 1.53 bits per heavy atom. The molecule has 0 aliphatic heterocycles. The van der Waals surface area contributed by atoms with Gasteiger partial charge >= 0.3 is 6.03 Å². The van der Waals surface area contributed by atoms with Crippen molar-refractivity contribution in [2.45, 2.75) is 32.2 Å². The fourth-order valence-corrected chi connectivity index (χ4v) is 1.95. The number of nitrogens with one attached hydrogen (secondary N) is 2. The van der Waals surface area contributed by atoms with Crippen molar-refractivity contribution in [1.82, 2.24) is 15.6 Å². The molecule has 0 saturated carbocycles. The predicted molar refractivity (Wildman–Crippen MR) is 75.0 cm³/mol. The molecule has 1 heterocycles. The largest absolute Gasteiger partial charge is 0.385 e. The highest BCUT2D eigenvalue weighted by Gasteiger charge is 2.26. The normalized spacial score (nSPS) is 13.6. The summed E-state index contributed by atoms with van der Waals surface area (Å²) in [5.74, 6) is 0. The number of urea groups is 1. The van der Waals surface area contributed by atoms with Crippen molar-refractivity contribution in [3.63, 3.8) is 0 Å². The highest BCUT2D eigenvalue weighted by Crippen LogP contribution is 2.16. The predicted octanol–water partition coefficient (Wildman–Crippen LogP) is 1.74. The zero-order chi connectivity index (χ0) is 14.1. The zero-order valence-electron chi connectivity index (χ0n) is 11.9. The second-order valence-corrected chi connectivity index (χ2v) is 4.83. The summed E-state index contributed by atoms with van der Waals surface area (Å²) in [5.41, 5.74) is 0.746. The number of ether oxygens (including phenoxy) is 1. The molecular formula is C14H23N3O2. The molecule has 5 heteroatoms. The van der Waals surface area contributed by atoms with Gasteiger partial charge in [-0.25, -0.2) is 4.79 Å². The minimum Gasteiger partial charge on any atom is -0.385 e. The zero-order valence-corrected chi connectivity index (χ0v) is 11.9. The van der Waals surface area contributed by atoms with Gasteiger partial charge in [0, 0.05) is 38.2 Å². The molecule has 0 bridgehead atoms. The number of nitrogens with zero attached hydrogens (tertiary/aromatic N) is 1. The molecule has 2 amide bonds. The molecule has 0 aliphatic rings. The Labute approximate surface area is 114 Å². The standard InChI is InChI=1S/C14H23N3O2/c1-4-16-13(18)17-14(2,7-9-19-3)10-12-6-5-8-15-11-12/h5-6,8,11H,4,7,9-10H2,1-3H3,(H2,16,17,18). The number of aromatic nitrogens is 1. The third-order valence-corrected chi connectivity index (χ3v) is 2.93. The summed E-state index contributed by atoms with van der Waals surface area (Å²) in [6.07, 6.45) is 5.04. The SMILES string of the molecule is CCNC(=O)NC(C)(CCOC)Cc1cccnc1. The smallest absolute Gasteiger partial charge is 0.315 e. The lowest BCUT2D eigenvalue weighted by atomic mass is 9.90. The third kappa shape index (κ3) is 5.70. The summed E-state index contributed by atoms with van der Waals surface area (Å²) in [4.78, 5) is 15.8. The number of carbonyl (C=O) groups excluding carboxylic acids is 1. The number of carbonyl (C=O) groups is 1. The Morgan fingerprint density at radius 2 is 2.32 bits per heavy atom. The fraction of sp³-hybridized carbons (Fsp3) is 0.571. The minimum atomic E-state index is -0.349. The molecule has 106 valence electrons. The van der Waals surface area contributed by atoms with Crippen LogP contribution in [0.5, 0.6) is 0 Å². The average Bonchev–Trinajstić information content (AvgIpc) is 2.37. The average molecular weight is 265 g/mol. The molecule has 1 atom stereocenters. The first-order chi connectivity index (χ1) is 9.09. The van der Waals surface area contributed by atoms with Crippen molar-refractivity contribution in [3.05, 3.63) is 30.1 Å². The van der Waals surface area contributed by atoms with E-state index in [4.69, 9.17) is 4.74 Å². The van der Waals surface area contributed by atoms with E-state index in [0.717, 1.165) is 18.4 Å². The highest BCUT2D eigenvalue weighted by molar-refractivity contribution is 5.74. The van der Waals surface area contributed by atoms with Crippen molar-refractivity contribution >= 4 is 6.03 Å². The molecule has 1 aromatic heterocycles. The van der Waals surface area contributed by atoms with Crippen LogP contribution in [0.15, 0.2) is 24.5 Å². The van der Waals surface area contributed by atoms with Crippen LogP contribution in [0, 0.1) is 0 Å². The van der Waals surface area contributed by atoms with Gasteiger partial charge in [-0.1, -0.05) is 6.07 Å². The van der Waals surface area contributed by atoms with Crippen LogP contribution in [0.2, 0.25) is 0 Å². The molecule has 0 aromatic carbocycles. The van der Waals surface area contributed by atoms with Crippen molar-refractivity contribution < 1.29 is 9.53 Å². The van der Waals surface area contributed by atoms with E-state index in [1.165, 1.54) is 0 Å². The molecular weight excluding hydrogens is 242 g/mol. The number of hydrogen-bond acceptors (Lipinski definition) is 3. The lowest BCUT2D eigenvalue weighted by molar-refractivity contribution is 0.159. The monoisotopic (exact) mass is 265 g/mol. The molecule has 0 spiro atoms. The fourth-order valence-electron chi connectivity index (χ4n) is 1.95. The molecule has 0 aliphatic carbocycles. The maximum absolute atomic E-state index is 11.7. The molecule has 1 aromatic rings. The van der Waals surface area contributed by atoms with Crippen molar-refractivity contribution in [2.75, 3.05) is 20.3 Å². The van der Waals surface area contributed by atoms with Crippen molar-refractivity contribution in [2.24, 2.45) is 0 Å². The highest BCUT2D eigenvalue weighted by atomic mass is 16.5. The van der Waals surface area contributed by atoms with Crippen LogP contribution in [0.25, 0.3) is 0 Å². The number of rotatable bonds is 7. The summed E-state index contributed by atoms with van der Waals surface area (Å²) in [5, 5.41) is 5.78. The topological polar surface area (TPSA) is 63.2 Å². The van der Waals surface area contributed by atoms with Gasteiger partial charge in [-0.3, -0.25) is 4.98 Å². The first kappa shape index (κ1) is 15.4. The molecule has 2 N–H and O–H groups in total. The molecule has 0 radical (unpaired) electrons. The van der Waals surface area contributed by atoms with E-state index < -0.39 is 0 Å². The van der Waals surface area contributed by atoms with Crippen LogP contribution in [-0.2, 0) is 11.2 Å². The summed E-state index contributed by atoms with van der Waals surface area (Å²) >= 11 is 0. The van der Waals surface area contributed by atoms with Crippen LogP contribution < -0.4 is 10.6 Å². The molecule has 0 fully saturated rings. The summed E-state index contributed by atoms with van der Waals surface area (Å²) in [6, 6.07) is 3.76. The van der Waals surface area contributed by atoms with Crippen LogP contribution in [0.1, 0.15) is 25.8 Å². The Hall–Kier alpha value is -1.62. The van der Waals surface area contributed by atoms with Gasteiger partial charge in [0.1, 0.15) is 0 Å². The van der Waals surface area contributed by atoms with E-state index >= 15 is 0 Å². The molecule has 1 unspecified atom stereocenters. The Kier molecular flexibility index (Phi) is 6.29. The van der Waals surface area contributed by atoms with Gasteiger partial charge in [0.05, 0.1) is 0 Å². The van der Waals surface area contributed by atoms with Crippen LogP contribution >= 0.6 is 0 Å². The van der Waals surface area contributed by atoms with E-state index in [1.54, 1.807) is 13.3 Å². The molecule has 19 heavy (non-hydrogen) atoms. The maximum Gasteiger partial charge on any atom is 0.315 e. The second-order valence-electron chi connectivity index (χ2n) is 4.83. The number of pyridine rings is 1. The van der Waals surface area contributed by atoms with E-state index in [0.29, 0.717) is 13.2 Å². The summed E-state index contributed by atoms with van der Waals surface area (Å²) < 4.78 is 5.13. The summed E-state index contributed by atoms with van der Waals surface area (Å²) in [7, 11) is 1.66. The quantitative estimate of drug-likeness (QED) is 0.789. The van der Waals surface area contributed by atoms with Gasteiger partial charge in [0.2, 0.25) is 0 Å². The van der Waals surface area contributed by atoms with E-state index in [1.807, 2.05) is 32.2 Å². The Balaban J connectivity index is 2.71. The Bertz CT molecular complexity index is 384. The van der Waals surface area contributed by atoms with Gasteiger partial charge < -0.3 is 15.4 Å². The van der Waals surface area contributed by atoms with Gasteiger partial charge in [0.25, 0.3) is 0 Å². The first-order valence-electron chi connectivity index (χ1n) is 6.53. The Morgan fingerprint density at radius 3 is 2.89 bits per heavy atom. The maximum atomic E-state index is 11.7. The van der Waals surface area contributed by atoms with Gasteiger partial charge in [-0.2, -0.15) is 0 Å². The van der Waals surface area contributed by atoms with Crippen molar-refractivity contribution in [3.8, 4) is 0 Å². The lowest BCUT2D eigenvalue weighted by Gasteiger charge is -2.31. The van der Waals surface area contributed by atoms with Crippen LogP contribution in [0.4, 0.5) is 4.79 Å². The molecule has 1 rings (SSSR count). The number of methoxy groups -OCH3 is 1. The van der Waals surface area contributed by atoms with Gasteiger partial charge in [-0.05, 0) is 38.3 Å². The first-order valence-corrected chi connectivity index (χ1v) is 6.53. The van der Waals surface area contributed by atoms with Gasteiger partial charge in [-0.15, -0.1) is 0 Å². The number of amides is 2. The summed E-state index contributed by atoms with van der Waals surface area (Å²) in [6.45, 7) is 5.13. The third-order valence-electron chi connectivity index (χ3n) is 2.93. The van der Waals surface area contributed by atoms with E-state index in [-0.39, 0.29) is 11.6 Å². The van der Waals surface area contributed by atoms with E-state index in [9.17, 15) is 4.79 Å². The second kappa shape index (κ2) is 7.74. The van der Waals surface area contributed by atoms with Gasteiger partial charge in [0.15, 0.2) is 0 Å².